The van der Waals surface area contributed by atoms with Gasteiger partial charge in [-0.3, -0.25) is 14.4 Å². The van der Waals surface area contributed by atoms with Crippen molar-refractivity contribution in [3.05, 3.63) is 28.8 Å². The maximum Gasteiger partial charge on any atom is 0.261 e. The first-order valence-electron chi connectivity index (χ1n) is 8.43. The van der Waals surface area contributed by atoms with Gasteiger partial charge in [0.2, 0.25) is 5.91 Å². The highest BCUT2D eigenvalue weighted by Crippen LogP contribution is 2.23. The molecular weight excluding hydrogens is 360 g/mol. The molecule has 8 nitrogen and oxygen atoms in total. The summed E-state index contributed by atoms with van der Waals surface area (Å²) in [5, 5.41) is 3.12. The summed E-state index contributed by atoms with van der Waals surface area (Å²) in [6, 6.07) is 3.89. The summed E-state index contributed by atoms with van der Waals surface area (Å²) in [4.78, 5) is 37.7. The number of likely N-dealkylation sites (tertiary alicyclic amines) is 1. The van der Waals surface area contributed by atoms with Crippen molar-refractivity contribution in [3.8, 4) is 5.75 Å². The van der Waals surface area contributed by atoms with Gasteiger partial charge < -0.3 is 26.4 Å². The van der Waals surface area contributed by atoms with Gasteiger partial charge in [0, 0.05) is 18.1 Å². The van der Waals surface area contributed by atoms with Crippen LogP contribution in [0.4, 0.5) is 0 Å². The van der Waals surface area contributed by atoms with Crippen molar-refractivity contribution in [2.45, 2.75) is 25.3 Å². The lowest BCUT2D eigenvalue weighted by Gasteiger charge is -2.24. The number of carbonyl (C=O) groups is 3. The highest BCUT2D eigenvalue weighted by Gasteiger charge is 2.34. The molecular formula is C17H23ClN4O4. The van der Waals surface area contributed by atoms with E-state index in [0.717, 1.165) is 6.42 Å². The molecule has 0 radical (unpaired) electrons. The fourth-order valence-corrected chi connectivity index (χ4v) is 2.98. The van der Waals surface area contributed by atoms with Crippen LogP contribution in [-0.2, 0) is 9.59 Å². The van der Waals surface area contributed by atoms with E-state index in [-0.39, 0.29) is 29.7 Å². The number of halogens is 1. The molecule has 1 fully saturated rings. The van der Waals surface area contributed by atoms with E-state index < -0.39 is 11.9 Å². The molecule has 1 aromatic rings. The Kier molecular flexibility index (Phi) is 7.23. The van der Waals surface area contributed by atoms with Crippen LogP contribution in [0.2, 0.25) is 5.02 Å². The van der Waals surface area contributed by atoms with E-state index in [9.17, 15) is 14.4 Å². The topological polar surface area (TPSA) is 128 Å². The smallest absolute Gasteiger partial charge is 0.261 e. The summed E-state index contributed by atoms with van der Waals surface area (Å²) in [6.07, 6.45) is 2.03. The van der Waals surface area contributed by atoms with Crippen LogP contribution in [0.3, 0.4) is 0 Å². The van der Waals surface area contributed by atoms with Crippen LogP contribution in [-0.4, -0.2) is 54.9 Å². The lowest BCUT2D eigenvalue weighted by atomic mass is 10.2. The molecule has 0 aliphatic carbocycles. The standard InChI is InChI=1S/C17H23ClN4O4/c18-11-4-5-14(12(9-11)16(20)24)26-10-15(23)22-8-1-3-13(22)17(25)21-7-2-6-19/h4-5,9,13H,1-3,6-8,10,19H2,(H2,20,24)(H,21,25). The maximum atomic E-state index is 12.5. The number of benzene rings is 1. The summed E-state index contributed by atoms with van der Waals surface area (Å²) >= 11 is 5.84. The third-order valence-electron chi connectivity index (χ3n) is 4.11. The van der Waals surface area contributed by atoms with E-state index in [1.165, 1.54) is 23.1 Å². The Hall–Kier alpha value is -2.32. The molecule has 1 heterocycles. The number of nitrogens with two attached hydrogens (primary N) is 2. The molecule has 5 N–H and O–H groups in total. The first-order valence-corrected chi connectivity index (χ1v) is 8.81. The molecule has 2 rings (SSSR count). The molecule has 1 unspecified atom stereocenters. The van der Waals surface area contributed by atoms with Gasteiger partial charge in [0.1, 0.15) is 11.8 Å². The Morgan fingerprint density at radius 1 is 1.35 bits per heavy atom. The number of amides is 3. The van der Waals surface area contributed by atoms with Gasteiger partial charge in [-0.25, -0.2) is 0 Å². The van der Waals surface area contributed by atoms with E-state index in [2.05, 4.69) is 5.32 Å². The van der Waals surface area contributed by atoms with E-state index in [0.29, 0.717) is 37.5 Å². The van der Waals surface area contributed by atoms with Crippen LogP contribution in [0.15, 0.2) is 18.2 Å². The van der Waals surface area contributed by atoms with Crippen molar-refractivity contribution < 1.29 is 19.1 Å². The predicted molar refractivity (Wildman–Crippen MR) is 96.9 cm³/mol. The number of hydrogen-bond donors (Lipinski definition) is 3. The Morgan fingerprint density at radius 3 is 2.81 bits per heavy atom. The van der Waals surface area contributed by atoms with Gasteiger partial charge >= 0.3 is 0 Å². The Balaban J connectivity index is 1.97. The quantitative estimate of drug-likeness (QED) is 0.556. The number of ether oxygens (including phenoxy) is 1. The van der Waals surface area contributed by atoms with Crippen molar-refractivity contribution in [1.82, 2.24) is 10.2 Å². The van der Waals surface area contributed by atoms with Gasteiger partial charge in [0.25, 0.3) is 11.8 Å². The molecule has 1 saturated heterocycles. The van der Waals surface area contributed by atoms with Crippen LogP contribution < -0.4 is 21.5 Å². The molecule has 0 saturated carbocycles. The largest absolute Gasteiger partial charge is 0.483 e. The predicted octanol–water partition coefficient (Wildman–Crippen LogP) is 0.274. The van der Waals surface area contributed by atoms with Crippen molar-refractivity contribution in [2.24, 2.45) is 11.5 Å². The Morgan fingerprint density at radius 2 is 2.12 bits per heavy atom. The molecule has 1 aliphatic rings. The van der Waals surface area contributed by atoms with Gasteiger partial charge in [0.15, 0.2) is 6.61 Å². The Bertz CT molecular complexity index is 683. The molecule has 3 amide bonds. The lowest BCUT2D eigenvalue weighted by molar-refractivity contribution is -0.139. The molecule has 0 spiro atoms. The van der Waals surface area contributed by atoms with Gasteiger partial charge in [-0.15, -0.1) is 0 Å². The van der Waals surface area contributed by atoms with Gasteiger partial charge in [-0.05, 0) is 44.0 Å². The number of hydrogen-bond acceptors (Lipinski definition) is 5. The second kappa shape index (κ2) is 9.40. The summed E-state index contributed by atoms with van der Waals surface area (Å²) < 4.78 is 5.46. The second-order valence-corrected chi connectivity index (χ2v) is 6.41. The third-order valence-corrected chi connectivity index (χ3v) is 4.35. The van der Waals surface area contributed by atoms with Crippen molar-refractivity contribution in [3.63, 3.8) is 0 Å². The second-order valence-electron chi connectivity index (χ2n) is 5.97. The monoisotopic (exact) mass is 382 g/mol. The third kappa shape index (κ3) is 5.09. The number of nitrogens with one attached hydrogen (secondary N) is 1. The van der Waals surface area contributed by atoms with Crippen molar-refractivity contribution in [1.29, 1.82) is 0 Å². The van der Waals surface area contributed by atoms with Crippen LogP contribution in [0, 0.1) is 0 Å². The van der Waals surface area contributed by atoms with Gasteiger partial charge in [-0.1, -0.05) is 11.6 Å². The molecule has 142 valence electrons. The summed E-state index contributed by atoms with van der Waals surface area (Å²) in [5.74, 6) is -1.04. The van der Waals surface area contributed by atoms with Crippen molar-refractivity contribution >= 4 is 29.3 Å². The number of rotatable bonds is 8. The average molecular weight is 383 g/mol. The minimum Gasteiger partial charge on any atom is -0.483 e. The van der Waals surface area contributed by atoms with E-state index in [1.807, 2.05) is 0 Å². The highest BCUT2D eigenvalue weighted by molar-refractivity contribution is 6.31. The first-order chi connectivity index (χ1) is 12.4. The minimum absolute atomic E-state index is 0.0998. The van der Waals surface area contributed by atoms with E-state index in [1.54, 1.807) is 0 Å². The zero-order valence-corrected chi connectivity index (χ0v) is 15.1. The normalized spacial score (nSPS) is 16.4. The summed E-state index contributed by atoms with van der Waals surface area (Å²) in [6.45, 7) is 1.16. The van der Waals surface area contributed by atoms with Gasteiger partial charge in [-0.2, -0.15) is 0 Å². The summed E-state index contributed by atoms with van der Waals surface area (Å²) in [5.41, 5.74) is 10.8. The van der Waals surface area contributed by atoms with Crippen LogP contribution in [0.5, 0.6) is 5.75 Å². The number of primary amides is 1. The van der Waals surface area contributed by atoms with Crippen LogP contribution in [0.1, 0.15) is 29.6 Å². The van der Waals surface area contributed by atoms with Crippen LogP contribution in [0.25, 0.3) is 0 Å². The molecule has 0 bridgehead atoms. The van der Waals surface area contributed by atoms with E-state index in [4.69, 9.17) is 27.8 Å². The average Bonchev–Trinajstić information content (AvgIpc) is 3.10. The fraction of sp³-hybridized carbons (Fsp3) is 0.471. The SMILES string of the molecule is NCCCNC(=O)C1CCCN1C(=O)COc1ccc(Cl)cc1C(N)=O. The van der Waals surface area contributed by atoms with Gasteiger partial charge in [0.05, 0.1) is 5.56 Å². The van der Waals surface area contributed by atoms with Crippen molar-refractivity contribution in [2.75, 3.05) is 26.2 Å². The molecule has 26 heavy (non-hydrogen) atoms. The molecule has 0 aromatic heterocycles. The zero-order valence-electron chi connectivity index (χ0n) is 14.4. The highest BCUT2D eigenvalue weighted by atomic mass is 35.5. The lowest BCUT2D eigenvalue weighted by Crippen LogP contribution is -2.47. The summed E-state index contributed by atoms with van der Waals surface area (Å²) in [7, 11) is 0. The first kappa shape index (κ1) is 20.0. The number of carbonyl (C=O) groups excluding carboxylic acids is 3. The Labute approximate surface area is 156 Å². The minimum atomic E-state index is -0.701. The molecule has 9 heteroatoms. The fourth-order valence-electron chi connectivity index (χ4n) is 2.81. The van der Waals surface area contributed by atoms with E-state index >= 15 is 0 Å². The number of nitrogens with zero attached hydrogens (tertiary/aromatic N) is 1. The van der Waals surface area contributed by atoms with Crippen LogP contribution >= 0.6 is 11.6 Å². The molecule has 1 aliphatic heterocycles. The zero-order chi connectivity index (χ0) is 19.1. The maximum absolute atomic E-state index is 12.5. The molecule has 1 atom stereocenters. The molecule has 1 aromatic carbocycles.